The van der Waals surface area contributed by atoms with Gasteiger partial charge in [-0.1, -0.05) is 0 Å². The van der Waals surface area contributed by atoms with Crippen LogP contribution in [0.1, 0.15) is 13.8 Å². The fraction of sp³-hybridized carbons (Fsp3) is 1.00. The maximum Gasteiger partial charge on any atom is 0.0583 e. The number of thioether (sulfide) groups is 2. The molecule has 1 fully saturated rings. The Bertz CT molecular complexity index is 135. The quantitative estimate of drug-likeness (QED) is 0.709. The maximum atomic E-state index is 9.10. The van der Waals surface area contributed by atoms with Crippen LogP contribution in [0.4, 0.5) is 0 Å². The van der Waals surface area contributed by atoms with Crippen molar-refractivity contribution in [2.75, 3.05) is 24.7 Å². The molecule has 0 radical (unpaired) electrons. The van der Waals surface area contributed by atoms with Crippen molar-refractivity contribution in [3.05, 3.63) is 0 Å². The van der Waals surface area contributed by atoms with E-state index in [-0.39, 0.29) is 22.7 Å². The SMILES string of the molecule is CC1(CO)CSC(C)(CO)CS1. The van der Waals surface area contributed by atoms with E-state index < -0.39 is 0 Å². The molecule has 2 N–H and O–H groups in total. The highest BCUT2D eigenvalue weighted by Crippen LogP contribution is 2.43. The van der Waals surface area contributed by atoms with Gasteiger partial charge in [-0.25, -0.2) is 0 Å². The molecule has 0 aromatic heterocycles. The third-order valence-electron chi connectivity index (χ3n) is 2.12. The van der Waals surface area contributed by atoms with Gasteiger partial charge in [0.25, 0.3) is 0 Å². The third kappa shape index (κ3) is 2.31. The number of hydrogen-bond donors (Lipinski definition) is 2. The fourth-order valence-electron chi connectivity index (χ4n) is 0.920. The molecule has 4 heteroatoms. The molecule has 0 aliphatic carbocycles. The van der Waals surface area contributed by atoms with Gasteiger partial charge in [-0.3, -0.25) is 0 Å². The van der Waals surface area contributed by atoms with Crippen molar-refractivity contribution in [2.45, 2.75) is 23.3 Å². The van der Waals surface area contributed by atoms with Gasteiger partial charge in [0.1, 0.15) is 0 Å². The lowest BCUT2D eigenvalue weighted by molar-refractivity contribution is 0.255. The van der Waals surface area contributed by atoms with Crippen LogP contribution < -0.4 is 0 Å². The van der Waals surface area contributed by atoms with Crippen LogP contribution in [-0.2, 0) is 0 Å². The number of aliphatic hydroxyl groups excluding tert-OH is 2. The van der Waals surface area contributed by atoms with Gasteiger partial charge in [-0.05, 0) is 13.8 Å². The Morgan fingerprint density at radius 1 is 1.00 bits per heavy atom. The highest BCUT2D eigenvalue weighted by molar-refractivity contribution is 8.08. The summed E-state index contributed by atoms with van der Waals surface area (Å²) >= 11 is 3.53. The lowest BCUT2D eigenvalue weighted by Gasteiger charge is -2.40. The Morgan fingerprint density at radius 2 is 1.33 bits per heavy atom. The molecule has 1 aliphatic rings. The third-order valence-corrected chi connectivity index (χ3v) is 5.99. The van der Waals surface area contributed by atoms with Gasteiger partial charge >= 0.3 is 0 Å². The van der Waals surface area contributed by atoms with E-state index in [2.05, 4.69) is 13.8 Å². The molecule has 1 rings (SSSR count). The zero-order valence-electron chi connectivity index (χ0n) is 7.54. The van der Waals surface area contributed by atoms with Crippen molar-refractivity contribution in [2.24, 2.45) is 0 Å². The van der Waals surface area contributed by atoms with Gasteiger partial charge in [0.2, 0.25) is 0 Å². The van der Waals surface area contributed by atoms with Crippen LogP contribution in [0.5, 0.6) is 0 Å². The number of hydrogen-bond acceptors (Lipinski definition) is 4. The van der Waals surface area contributed by atoms with Crippen LogP contribution in [0.15, 0.2) is 0 Å². The molecule has 0 aromatic carbocycles. The monoisotopic (exact) mass is 208 g/mol. The number of rotatable bonds is 2. The highest BCUT2D eigenvalue weighted by Gasteiger charge is 2.37. The Kier molecular flexibility index (Phi) is 3.37. The summed E-state index contributed by atoms with van der Waals surface area (Å²) in [5, 5.41) is 18.2. The molecular weight excluding hydrogens is 192 g/mol. The van der Waals surface area contributed by atoms with Gasteiger partial charge in [-0.15, -0.1) is 0 Å². The smallest absolute Gasteiger partial charge is 0.0583 e. The molecule has 2 nitrogen and oxygen atoms in total. The molecule has 0 bridgehead atoms. The number of aliphatic hydroxyl groups is 2. The summed E-state index contributed by atoms with van der Waals surface area (Å²) in [5.74, 6) is 1.84. The van der Waals surface area contributed by atoms with Gasteiger partial charge in [0.05, 0.1) is 13.2 Å². The minimum Gasteiger partial charge on any atom is -0.395 e. The van der Waals surface area contributed by atoms with Gasteiger partial charge in [0.15, 0.2) is 0 Å². The first-order chi connectivity index (χ1) is 5.54. The molecule has 1 saturated heterocycles. The van der Waals surface area contributed by atoms with E-state index in [1.807, 2.05) is 0 Å². The average Bonchev–Trinajstić information content (AvgIpc) is 2.11. The minimum atomic E-state index is -0.000648. The molecular formula is C8H16O2S2. The van der Waals surface area contributed by atoms with Crippen LogP contribution in [0.25, 0.3) is 0 Å². The van der Waals surface area contributed by atoms with Crippen molar-refractivity contribution in [1.29, 1.82) is 0 Å². The van der Waals surface area contributed by atoms with E-state index in [0.717, 1.165) is 11.5 Å². The zero-order valence-corrected chi connectivity index (χ0v) is 9.17. The molecule has 0 aromatic rings. The van der Waals surface area contributed by atoms with Crippen LogP contribution >= 0.6 is 23.5 Å². The first-order valence-corrected chi connectivity index (χ1v) is 6.00. The molecule has 12 heavy (non-hydrogen) atoms. The van der Waals surface area contributed by atoms with E-state index in [4.69, 9.17) is 10.2 Å². The van der Waals surface area contributed by atoms with Crippen molar-refractivity contribution in [3.8, 4) is 0 Å². The fourth-order valence-corrected chi connectivity index (χ4v) is 3.61. The van der Waals surface area contributed by atoms with Gasteiger partial charge in [-0.2, -0.15) is 23.5 Å². The van der Waals surface area contributed by atoms with E-state index >= 15 is 0 Å². The first kappa shape index (κ1) is 10.7. The lowest BCUT2D eigenvalue weighted by Crippen LogP contribution is -2.42. The summed E-state index contributed by atoms with van der Waals surface area (Å²) < 4.78 is -0.00130. The van der Waals surface area contributed by atoms with Crippen LogP contribution in [0, 0.1) is 0 Å². The van der Waals surface area contributed by atoms with Crippen molar-refractivity contribution < 1.29 is 10.2 Å². The Labute approximate surface area is 82.1 Å². The predicted octanol–water partition coefficient (Wildman–Crippen LogP) is 0.968. The Hall–Kier alpha value is 0.620. The van der Waals surface area contributed by atoms with Crippen molar-refractivity contribution >= 4 is 23.5 Å². The summed E-state index contributed by atoms with van der Waals surface area (Å²) in [6, 6.07) is 0. The summed E-state index contributed by atoms with van der Waals surface area (Å²) in [5.41, 5.74) is 0. The average molecular weight is 208 g/mol. The zero-order chi connectivity index (χ0) is 9.24. The van der Waals surface area contributed by atoms with Crippen molar-refractivity contribution in [1.82, 2.24) is 0 Å². The molecule has 0 spiro atoms. The van der Waals surface area contributed by atoms with E-state index in [1.54, 1.807) is 23.5 Å². The molecule has 2 unspecified atom stereocenters. The van der Waals surface area contributed by atoms with Gasteiger partial charge in [0, 0.05) is 21.0 Å². The molecule has 2 atom stereocenters. The Balaban J connectivity index is 2.49. The second-order valence-electron chi connectivity index (χ2n) is 3.79. The molecule has 1 heterocycles. The van der Waals surface area contributed by atoms with Crippen molar-refractivity contribution in [3.63, 3.8) is 0 Å². The van der Waals surface area contributed by atoms with Crippen LogP contribution in [0.3, 0.4) is 0 Å². The summed E-state index contributed by atoms with van der Waals surface area (Å²) in [4.78, 5) is 0. The van der Waals surface area contributed by atoms with E-state index in [1.165, 1.54) is 0 Å². The lowest BCUT2D eigenvalue weighted by atomic mass is 10.2. The minimum absolute atomic E-state index is 0.000648. The van der Waals surface area contributed by atoms with E-state index in [0.29, 0.717) is 0 Å². The summed E-state index contributed by atoms with van der Waals surface area (Å²) in [7, 11) is 0. The molecule has 72 valence electrons. The van der Waals surface area contributed by atoms with Crippen LogP contribution in [0.2, 0.25) is 0 Å². The second kappa shape index (κ2) is 3.78. The topological polar surface area (TPSA) is 40.5 Å². The molecule has 1 aliphatic heterocycles. The molecule has 0 amide bonds. The van der Waals surface area contributed by atoms with Gasteiger partial charge < -0.3 is 10.2 Å². The standard InChI is InChI=1S/C8H16O2S2/c1-7(3-9)5-12-8(2,4-10)6-11-7/h9-10H,3-6H2,1-2H3. The van der Waals surface area contributed by atoms with E-state index in [9.17, 15) is 0 Å². The van der Waals surface area contributed by atoms with Crippen LogP contribution in [-0.4, -0.2) is 44.4 Å². The largest absolute Gasteiger partial charge is 0.395 e. The maximum absolute atomic E-state index is 9.10. The first-order valence-electron chi connectivity index (χ1n) is 4.03. The normalized spacial score (nSPS) is 43.0. The highest BCUT2D eigenvalue weighted by atomic mass is 32.2. The molecule has 0 saturated carbocycles. The second-order valence-corrected chi connectivity index (χ2v) is 6.92. The Morgan fingerprint density at radius 3 is 1.50 bits per heavy atom. The summed E-state index contributed by atoms with van der Waals surface area (Å²) in [6.45, 7) is 4.60. The summed E-state index contributed by atoms with van der Waals surface area (Å²) in [6.07, 6.45) is 0. The predicted molar refractivity (Wildman–Crippen MR) is 55.9 cm³/mol.